The molecule has 3 nitrogen and oxygen atoms in total. The number of hydrogen-bond donors (Lipinski definition) is 1. The van der Waals surface area contributed by atoms with Crippen molar-refractivity contribution in [3.05, 3.63) is 0 Å². The average molecular weight is 143 g/mol. The minimum atomic E-state index is 0.444. The highest BCUT2D eigenvalue weighted by Gasteiger charge is 2.01. The molecule has 0 aliphatic heterocycles. The van der Waals surface area contributed by atoms with Crippen molar-refractivity contribution in [2.24, 2.45) is 10.8 Å². The molecule has 0 rings (SSSR count). The summed E-state index contributed by atoms with van der Waals surface area (Å²) in [4.78, 5) is 0. The highest BCUT2D eigenvalue weighted by Crippen LogP contribution is 1.98. The van der Waals surface area contributed by atoms with Crippen LogP contribution in [0.3, 0.4) is 0 Å². The van der Waals surface area contributed by atoms with Gasteiger partial charge in [0.05, 0.1) is 0 Å². The average Bonchev–Trinajstić information content (AvgIpc) is 1.87. The molecule has 0 heterocycles. The van der Waals surface area contributed by atoms with Crippen LogP contribution in [0, 0.1) is 0 Å². The van der Waals surface area contributed by atoms with Gasteiger partial charge in [-0.1, -0.05) is 6.92 Å². The summed E-state index contributed by atoms with van der Waals surface area (Å²) >= 11 is 0. The van der Waals surface area contributed by atoms with Crippen LogP contribution in [0.1, 0.15) is 27.2 Å². The molecular formula is C7H17N3. The van der Waals surface area contributed by atoms with Crippen LogP contribution < -0.4 is 5.73 Å². The molecule has 0 saturated carbocycles. The number of hydrogen-bond acceptors (Lipinski definition) is 2. The lowest BCUT2D eigenvalue weighted by atomic mass is 10.3. The van der Waals surface area contributed by atoms with Crippen LogP contribution in [0.25, 0.3) is 0 Å². The zero-order valence-electron chi connectivity index (χ0n) is 7.04. The Hall–Kier alpha value is -0.730. The normalized spacial score (nSPS) is 11.2. The Bertz CT molecular complexity index is 99.0. The minimum absolute atomic E-state index is 0.444. The summed E-state index contributed by atoms with van der Waals surface area (Å²) in [6, 6.07) is 0.444. The Labute approximate surface area is 62.9 Å². The summed E-state index contributed by atoms with van der Waals surface area (Å²) in [6.07, 6.45) is 2.45. The first-order chi connectivity index (χ1) is 4.72. The highest BCUT2D eigenvalue weighted by atomic mass is 15.5. The fourth-order valence-corrected chi connectivity index (χ4v) is 0.764. The Balaban J connectivity index is 3.72. The van der Waals surface area contributed by atoms with Gasteiger partial charge in [-0.25, -0.2) is 0 Å². The van der Waals surface area contributed by atoms with Crippen molar-refractivity contribution >= 4 is 6.34 Å². The second-order valence-corrected chi connectivity index (χ2v) is 2.52. The van der Waals surface area contributed by atoms with Crippen molar-refractivity contribution in [1.82, 2.24) is 5.01 Å². The van der Waals surface area contributed by atoms with Crippen LogP contribution >= 0.6 is 0 Å². The van der Waals surface area contributed by atoms with Crippen LogP contribution in [0.5, 0.6) is 0 Å². The summed E-state index contributed by atoms with van der Waals surface area (Å²) in [5.74, 6) is 0. The molecule has 0 amide bonds. The first-order valence-corrected chi connectivity index (χ1v) is 3.73. The van der Waals surface area contributed by atoms with Gasteiger partial charge in [-0.2, -0.15) is 5.10 Å². The molecule has 0 aliphatic rings. The van der Waals surface area contributed by atoms with Gasteiger partial charge in [0.25, 0.3) is 0 Å². The van der Waals surface area contributed by atoms with Crippen LogP contribution in [0.2, 0.25) is 0 Å². The van der Waals surface area contributed by atoms with Gasteiger partial charge >= 0.3 is 0 Å². The van der Waals surface area contributed by atoms with E-state index >= 15 is 0 Å². The summed E-state index contributed by atoms with van der Waals surface area (Å²) in [6.45, 7) is 7.30. The van der Waals surface area contributed by atoms with Crippen LogP contribution in [-0.2, 0) is 0 Å². The molecule has 0 aromatic carbocycles. The summed E-state index contributed by atoms with van der Waals surface area (Å²) in [5, 5.41) is 5.97. The van der Waals surface area contributed by atoms with Crippen molar-refractivity contribution in [1.29, 1.82) is 0 Å². The van der Waals surface area contributed by atoms with Gasteiger partial charge < -0.3 is 5.73 Å². The third kappa shape index (κ3) is 3.33. The zero-order chi connectivity index (χ0) is 7.98. The van der Waals surface area contributed by atoms with Gasteiger partial charge in [-0.15, -0.1) is 0 Å². The topological polar surface area (TPSA) is 41.6 Å². The molecule has 0 radical (unpaired) electrons. The maximum absolute atomic E-state index is 5.16. The van der Waals surface area contributed by atoms with E-state index in [-0.39, 0.29) is 0 Å². The van der Waals surface area contributed by atoms with Crippen LogP contribution in [-0.4, -0.2) is 23.9 Å². The molecule has 0 bridgehead atoms. The van der Waals surface area contributed by atoms with E-state index in [2.05, 4.69) is 25.9 Å². The van der Waals surface area contributed by atoms with Crippen LogP contribution in [0.4, 0.5) is 0 Å². The van der Waals surface area contributed by atoms with Crippen LogP contribution in [0.15, 0.2) is 5.10 Å². The van der Waals surface area contributed by atoms with E-state index in [9.17, 15) is 0 Å². The third-order valence-electron chi connectivity index (χ3n) is 1.26. The number of nitrogens with two attached hydrogens (primary N) is 1. The van der Waals surface area contributed by atoms with Crippen molar-refractivity contribution in [3.63, 3.8) is 0 Å². The van der Waals surface area contributed by atoms with E-state index in [0.717, 1.165) is 13.0 Å². The lowest BCUT2D eigenvalue weighted by molar-refractivity contribution is 0.234. The predicted octanol–water partition coefficient (Wildman–Crippen LogP) is 1.01. The lowest BCUT2D eigenvalue weighted by Crippen LogP contribution is -2.26. The molecule has 0 spiro atoms. The van der Waals surface area contributed by atoms with Gasteiger partial charge in [-0.05, 0) is 20.3 Å². The summed E-state index contributed by atoms with van der Waals surface area (Å²) < 4.78 is 0. The first kappa shape index (κ1) is 9.27. The van der Waals surface area contributed by atoms with E-state index < -0.39 is 0 Å². The second kappa shape index (κ2) is 5.09. The third-order valence-corrected chi connectivity index (χ3v) is 1.26. The summed E-state index contributed by atoms with van der Waals surface area (Å²) in [5.41, 5.74) is 5.16. The Kier molecular flexibility index (Phi) is 4.72. The second-order valence-electron chi connectivity index (χ2n) is 2.52. The fourth-order valence-electron chi connectivity index (χ4n) is 0.764. The maximum Gasteiger partial charge on any atom is 0.106 e. The van der Waals surface area contributed by atoms with Crippen molar-refractivity contribution in [3.8, 4) is 0 Å². The number of rotatable bonds is 4. The zero-order valence-corrected chi connectivity index (χ0v) is 7.04. The van der Waals surface area contributed by atoms with Crippen molar-refractivity contribution < 1.29 is 0 Å². The van der Waals surface area contributed by atoms with Gasteiger partial charge in [0.2, 0.25) is 0 Å². The van der Waals surface area contributed by atoms with E-state index in [0.29, 0.717) is 6.04 Å². The molecule has 0 atom stereocenters. The highest BCUT2D eigenvalue weighted by molar-refractivity contribution is 5.50. The van der Waals surface area contributed by atoms with E-state index in [1.165, 1.54) is 6.34 Å². The molecular weight excluding hydrogens is 126 g/mol. The first-order valence-electron chi connectivity index (χ1n) is 3.73. The van der Waals surface area contributed by atoms with E-state index in [1.54, 1.807) is 0 Å². The monoisotopic (exact) mass is 143 g/mol. The molecule has 0 saturated heterocycles. The molecule has 10 heavy (non-hydrogen) atoms. The smallest absolute Gasteiger partial charge is 0.106 e. The molecule has 3 heteroatoms. The fraction of sp³-hybridized carbons (Fsp3) is 0.857. The molecule has 0 aromatic heterocycles. The quantitative estimate of drug-likeness (QED) is 0.362. The lowest BCUT2D eigenvalue weighted by Gasteiger charge is -2.21. The maximum atomic E-state index is 5.16. The molecule has 0 aliphatic carbocycles. The van der Waals surface area contributed by atoms with Gasteiger partial charge in [-0.3, -0.25) is 5.01 Å². The van der Waals surface area contributed by atoms with E-state index in [4.69, 9.17) is 5.73 Å². The molecule has 60 valence electrons. The number of nitrogens with zero attached hydrogens (tertiary/aromatic N) is 2. The van der Waals surface area contributed by atoms with Gasteiger partial charge in [0.15, 0.2) is 0 Å². The Morgan fingerprint density at radius 2 is 2.20 bits per heavy atom. The number of hydrazone groups is 1. The molecule has 2 N–H and O–H groups in total. The van der Waals surface area contributed by atoms with Crippen molar-refractivity contribution in [2.45, 2.75) is 33.2 Å². The largest absolute Gasteiger partial charge is 0.388 e. The molecule has 0 unspecified atom stereocenters. The summed E-state index contributed by atoms with van der Waals surface area (Å²) in [7, 11) is 0. The van der Waals surface area contributed by atoms with E-state index in [1.807, 2.05) is 5.01 Å². The van der Waals surface area contributed by atoms with Crippen molar-refractivity contribution in [2.75, 3.05) is 6.54 Å². The SMILES string of the molecule is CCCN(/N=C\N)C(C)C. The minimum Gasteiger partial charge on any atom is -0.388 e. The van der Waals surface area contributed by atoms with Gasteiger partial charge in [0, 0.05) is 12.6 Å². The standard InChI is InChI=1S/C7H17N3/c1-4-5-10(7(2)3)9-6-8/h6-7H,4-5H2,1-3H3,(H2,8,9). The van der Waals surface area contributed by atoms with Gasteiger partial charge in [0.1, 0.15) is 6.34 Å². The Morgan fingerprint density at radius 3 is 2.50 bits per heavy atom. The predicted molar refractivity (Wildman–Crippen MR) is 44.8 cm³/mol. The Morgan fingerprint density at radius 1 is 1.60 bits per heavy atom. The molecule has 0 fully saturated rings. The molecule has 0 aromatic rings.